The van der Waals surface area contributed by atoms with Crippen molar-refractivity contribution < 1.29 is 21.9 Å². The minimum Gasteiger partial charge on any atom is -1.00 e. The summed E-state index contributed by atoms with van der Waals surface area (Å²) in [6, 6.07) is 0.994. The van der Waals surface area contributed by atoms with Gasteiger partial charge in [-0.1, -0.05) is 0 Å². The van der Waals surface area contributed by atoms with Crippen molar-refractivity contribution in [3.05, 3.63) is 33.9 Å². The second-order valence-corrected chi connectivity index (χ2v) is 6.97. The molecule has 2 aliphatic rings. The van der Waals surface area contributed by atoms with Gasteiger partial charge < -0.3 is 27.1 Å². The molecule has 142 valence electrons. The van der Waals surface area contributed by atoms with Gasteiger partial charge in [0, 0.05) is 32.4 Å². The van der Waals surface area contributed by atoms with E-state index in [0.29, 0.717) is 30.0 Å². The Hall–Kier alpha value is -1.35. The van der Waals surface area contributed by atoms with Crippen LogP contribution in [0.15, 0.2) is 17.1 Å². The molecule has 0 amide bonds. The molecule has 3 heterocycles. The summed E-state index contributed by atoms with van der Waals surface area (Å²) in [6.07, 6.45) is 1.34. The molecule has 1 fully saturated rings. The second-order valence-electron chi connectivity index (χ2n) is 6.97. The van der Waals surface area contributed by atoms with E-state index < -0.39 is 17.2 Å². The quantitative estimate of drug-likeness (QED) is 0.764. The number of ether oxygens (including phenoxy) is 1. The van der Waals surface area contributed by atoms with Crippen molar-refractivity contribution in [1.82, 2.24) is 9.47 Å². The van der Waals surface area contributed by atoms with Gasteiger partial charge in [0.2, 0.25) is 5.43 Å². The van der Waals surface area contributed by atoms with Crippen LogP contribution in [0.25, 0.3) is 10.9 Å². The van der Waals surface area contributed by atoms with E-state index in [2.05, 4.69) is 4.90 Å². The van der Waals surface area contributed by atoms with E-state index in [4.69, 9.17) is 4.74 Å². The van der Waals surface area contributed by atoms with Crippen molar-refractivity contribution >= 4 is 60.3 Å². The Morgan fingerprint density at radius 1 is 1.33 bits per heavy atom. The predicted octanol–water partition coefficient (Wildman–Crippen LogP) is 1.39. The molecule has 0 unspecified atom stereocenters. The first-order valence-electron chi connectivity index (χ1n) is 8.59. The first kappa shape index (κ1) is 20.4. The van der Waals surface area contributed by atoms with E-state index in [9.17, 15) is 19.1 Å². The molecule has 4 rings (SSSR count). The van der Waals surface area contributed by atoms with Crippen LogP contribution >= 0.6 is 0 Å². The van der Waals surface area contributed by atoms with E-state index in [1.807, 2.05) is 18.9 Å². The van der Waals surface area contributed by atoms with E-state index in [0.717, 1.165) is 19.2 Å². The molecule has 0 bridgehead atoms. The maximum absolute atomic E-state index is 15.0. The van der Waals surface area contributed by atoms with E-state index in [-0.39, 0.29) is 64.2 Å². The van der Waals surface area contributed by atoms with E-state index >= 15 is 0 Å². The third-order valence-electron chi connectivity index (χ3n) is 5.19. The minimum absolute atomic E-state index is 0. The number of carboxylic acids is 1. The Morgan fingerprint density at radius 2 is 2.00 bits per heavy atom. The summed E-state index contributed by atoms with van der Waals surface area (Å²) >= 11 is 0. The van der Waals surface area contributed by atoms with Crippen molar-refractivity contribution in [3.8, 4) is 5.75 Å². The summed E-state index contributed by atoms with van der Waals surface area (Å²) in [7, 11) is 2.02. The van der Waals surface area contributed by atoms with Crippen molar-refractivity contribution in [2.45, 2.75) is 13.0 Å². The van der Waals surface area contributed by atoms with Gasteiger partial charge in [0.05, 0.1) is 16.9 Å². The molecule has 1 saturated heterocycles. The number of benzene rings is 1. The molecule has 7 nitrogen and oxygen atoms in total. The molecule has 1 aromatic carbocycles. The number of piperazine rings is 1. The SMILES string of the molecule is C[C@H]1COc2c(N3CCN(C)CC3)c(F)cc3c(=O)c(C(=O)O)cn1c23.[Ca+2].[H-].[H-]. The average molecular weight is 403 g/mol. The summed E-state index contributed by atoms with van der Waals surface area (Å²) in [5, 5.41) is 9.36. The van der Waals surface area contributed by atoms with Crippen LogP contribution in [-0.4, -0.2) is 98.1 Å². The molecular formula is C18H22CaFN3O4. The molecule has 1 N–H and O–H groups in total. The molecule has 0 saturated carbocycles. The summed E-state index contributed by atoms with van der Waals surface area (Å²) in [6.45, 7) is 5.08. The molecule has 2 aromatic rings. The fraction of sp³-hybridized carbons (Fsp3) is 0.444. The predicted molar refractivity (Wildman–Crippen MR) is 103 cm³/mol. The zero-order valence-electron chi connectivity index (χ0n) is 17.4. The Morgan fingerprint density at radius 3 is 2.63 bits per heavy atom. The van der Waals surface area contributed by atoms with Crippen molar-refractivity contribution in [1.29, 1.82) is 0 Å². The van der Waals surface area contributed by atoms with Gasteiger partial charge in [-0.3, -0.25) is 4.79 Å². The fourth-order valence-electron chi connectivity index (χ4n) is 3.69. The molecule has 1 aromatic heterocycles. The summed E-state index contributed by atoms with van der Waals surface area (Å²) in [5.74, 6) is -1.54. The van der Waals surface area contributed by atoms with Gasteiger partial charge in [-0.2, -0.15) is 0 Å². The zero-order chi connectivity index (χ0) is 18.6. The van der Waals surface area contributed by atoms with Crippen molar-refractivity contribution in [3.63, 3.8) is 0 Å². The number of hydrogen-bond acceptors (Lipinski definition) is 5. The van der Waals surface area contributed by atoms with Gasteiger partial charge in [0.1, 0.15) is 17.9 Å². The molecular weight excluding hydrogens is 381 g/mol. The number of pyridine rings is 1. The van der Waals surface area contributed by atoms with Crippen molar-refractivity contribution in [2.75, 3.05) is 44.7 Å². The Balaban J connectivity index is 0.00000140. The number of aromatic carboxylic acids is 1. The molecule has 0 radical (unpaired) electrons. The van der Waals surface area contributed by atoms with Crippen LogP contribution in [0.3, 0.4) is 0 Å². The van der Waals surface area contributed by atoms with Crippen LogP contribution < -0.4 is 15.1 Å². The van der Waals surface area contributed by atoms with Crippen LogP contribution in [-0.2, 0) is 0 Å². The average Bonchev–Trinajstić information content (AvgIpc) is 2.60. The maximum atomic E-state index is 15.0. The van der Waals surface area contributed by atoms with Crippen LogP contribution in [0.1, 0.15) is 26.2 Å². The van der Waals surface area contributed by atoms with Crippen LogP contribution in [0.2, 0.25) is 0 Å². The largest absolute Gasteiger partial charge is 2.00 e. The van der Waals surface area contributed by atoms with Gasteiger partial charge in [-0.15, -0.1) is 0 Å². The van der Waals surface area contributed by atoms with Gasteiger partial charge in [-0.05, 0) is 20.0 Å². The number of anilines is 1. The summed E-state index contributed by atoms with van der Waals surface area (Å²) in [4.78, 5) is 28.1. The van der Waals surface area contributed by atoms with Crippen molar-refractivity contribution in [2.24, 2.45) is 0 Å². The minimum atomic E-state index is -1.32. The molecule has 2 aliphatic heterocycles. The van der Waals surface area contributed by atoms with Gasteiger partial charge in [-0.25, -0.2) is 9.18 Å². The van der Waals surface area contributed by atoms with Crippen LogP contribution in [0, 0.1) is 5.82 Å². The van der Waals surface area contributed by atoms with Gasteiger partial charge >= 0.3 is 43.7 Å². The Labute approximate surface area is 188 Å². The number of carboxylic acid groups (broad SMARTS) is 1. The normalized spacial score (nSPS) is 19.5. The van der Waals surface area contributed by atoms with E-state index in [1.165, 1.54) is 6.20 Å². The first-order valence-corrected chi connectivity index (χ1v) is 8.59. The third-order valence-corrected chi connectivity index (χ3v) is 5.19. The van der Waals surface area contributed by atoms with E-state index in [1.54, 1.807) is 4.57 Å². The maximum Gasteiger partial charge on any atom is 2.00 e. The number of hydrogen-bond donors (Lipinski definition) is 1. The molecule has 0 spiro atoms. The topological polar surface area (TPSA) is 75.0 Å². The third kappa shape index (κ3) is 3.33. The van der Waals surface area contributed by atoms with Crippen LogP contribution in [0.5, 0.6) is 5.75 Å². The summed E-state index contributed by atoms with van der Waals surface area (Å²) in [5.41, 5.74) is -0.224. The van der Waals surface area contributed by atoms with Gasteiger partial charge in [0.15, 0.2) is 11.6 Å². The monoisotopic (exact) mass is 403 g/mol. The number of aromatic nitrogens is 1. The zero-order valence-corrected chi connectivity index (χ0v) is 17.6. The Kier molecular flexibility index (Phi) is 5.72. The number of rotatable bonds is 2. The summed E-state index contributed by atoms with van der Waals surface area (Å²) < 4.78 is 22.6. The number of nitrogens with zero attached hydrogens (tertiary/aromatic N) is 3. The molecule has 0 aliphatic carbocycles. The Bertz CT molecular complexity index is 980. The number of likely N-dealkylation sites (N-methyl/N-ethyl adjacent to an activating group) is 1. The van der Waals surface area contributed by atoms with Gasteiger partial charge in [0.25, 0.3) is 0 Å². The number of carbonyl (C=O) groups is 1. The fourth-order valence-corrected chi connectivity index (χ4v) is 3.69. The smallest absolute Gasteiger partial charge is 1.00 e. The number of halogens is 1. The standard InChI is InChI=1S/C18H20FN3O4.Ca.2H/c1-10-9-26-17-14-11(16(23)12(18(24)25)8-22(10)14)7-13(19)15(17)21-5-3-20(2)4-6-21;;;/h7-8,10H,3-6,9H2,1-2H3,(H,24,25);;;/q;+2;2*-1/t10-;;;/m0.../s1. The first-order chi connectivity index (χ1) is 12.4. The molecule has 27 heavy (non-hydrogen) atoms. The molecule has 1 atom stereocenters. The molecule has 9 heteroatoms. The van der Waals surface area contributed by atoms with Crippen LogP contribution in [0.4, 0.5) is 10.1 Å². The second kappa shape index (κ2) is 7.58.